The normalized spacial score (nSPS) is 15.3. The first-order valence-electron chi connectivity index (χ1n) is 7.86. The molecule has 0 unspecified atom stereocenters. The molecule has 0 radical (unpaired) electrons. The number of hydrogen-bond acceptors (Lipinski definition) is 3. The minimum atomic E-state index is -0.285. The Morgan fingerprint density at radius 3 is 2.41 bits per heavy atom. The van der Waals surface area contributed by atoms with Crippen LogP contribution in [0.4, 0.5) is 5.69 Å². The number of carbonyl (C=O) groups is 2. The van der Waals surface area contributed by atoms with Gasteiger partial charge >= 0.3 is 0 Å². The van der Waals surface area contributed by atoms with E-state index in [9.17, 15) is 9.59 Å². The number of anilines is 1. The Hall–Kier alpha value is -2.04. The third-order valence-corrected chi connectivity index (χ3v) is 4.21. The van der Waals surface area contributed by atoms with Crippen LogP contribution in [-0.2, 0) is 4.79 Å². The Morgan fingerprint density at radius 1 is 1.14 bits per heavy atom. The second kappa shape index (κ2) is 6.81. The first kappa shape index (κ1) is 16.3. The molecule has 0 aromatic heterocycles. The van der Waals surface area contributed by atoms with Gasteiger partial charge < -0.3 is 5.32 Å². The van der Waals surface area contributed by atoms with Crippen LogP contribution >= 0.6 is 0 Å². The summed E-state index contributed by atoms with van der Waals surface area (Å²) < 4.78 is 0. The molecule has 1 aliphatic carbocycles. The zero-order valence-electron chi connectivity index (χ0n) is 13.7. The molecule has 0 saturated heterocycles. The van der Waals surface area contributed by atoms with Crippen LogP contribution in [0.1, 0.15) is 49.5 Å². The number of nitrogens with one attached hydrogen (secondary N) is 3. The molecule has 0 bridgehead atoms. The van der Waals surface area contributed by atoms with Gasteiger partial charge in [0.25, 0.3) is 5.91 Å². The van der Waals surface area contributed by atoms with E-state index in [4.69, 9.17) is 0 Å². The second-order valence-corrected chi connectivity index (χ2v) is 6.37. The summed E-state index contributed by atoms with van der Waals surface area (Å²) in [4.78, 5) is 23.8. The van der Waals surface area contributed by atoms with Gasteiger partial charge in [0.1, 0.15) is 0 Å². The minimum Gasteiger partial charge on any atom is -0.382 e. The van der Waals surface area contributed by atoms with Gasteiger partial charge in [0.05, 0.1) is 0 Å². The summed E-state index contributed by atoms with van der Waals surface area (Å²) in [6, 6.07) is 5.89. The van der Waals surface area contributed by atoms with Gasteiger partial charge in [-0.1, -0.05) is 19.9 Å². The predicted molar refractivity (Wildman–Crippen MR) is 87.4 cm³/mol. The van der Waals surface area contributed by atoms with Crippen molar-refractivity contribution in [1.82, 2.24) is 10.9 Å². The monoisotopic (exact) mass is 303 g/mol. The fourth-order valence-electron chi connectivity index (χ4n) is 2.08. The first-order chi connectivity index (χ1) is 10.4. The zero-order valence-corrected chi connectivity index (χ0v) is 13.7. The van der Waals surface area contributed by atoms with Crippen molar-refractivity contribution in [2.45, 2.75) is 46.6 Å². The van der Waals surface area contributed by atoms with Gasteiger partial charge in [0.2, 0.25) is 5.91 Å². The van der Waals surface area contributed by atoms with Crippen molar-refractivity contribution < 1.29 is 9.59 Å². The lowest BCUT2D eigenvalue weighted by Gasteiger charge is -2.21. The third-order valence-electron chi connectivity index (χ3n) is 4.21. The van der Waals surface area contributed by atoms with Crippen LogP contribution in [0.15, 0.2) is 18.2 Å². The molecule has 0 aliphatic heterocycles. The first-order valence-corrected chi connectivity index (χ1v) is 7.86. The maximum absolute atomic E-state index is 12.2. The summed E-state index contributed by atoms with van der Waals surface area (Å²) in [5, 5.41) is 3.43. The fourth-order valence-corrected chi connectivity index (χ4v) is 2.08. The van der Waals surface area contributed by atoms with Crippen molar-refractivity contribution in [3.05, 3.63) is 29.3 Å². The second-order valence-electron chi connectivity index (χ2n) is 6.37. The van der Waals surface area contributed by atoms with Gasteiger partial charge in [-0.15, -0.1) is 0 Å². The van der Waals surface area contributed by atoms with Crippen LogP contribution in [0.25, 0.3) is 0 Å². The van der Waals surface area contributed by atoms with Crippen LogP contribution in [-0.4, -0.2) is 17.9 Å². The number of carbonyl (C=O) groups excluding carboxylic acids is 2. The predicted octanol–water partition coefficient (Wildman–Crippen LogP) is 2.62. The van der Waals surface area contributed by atoms with E-state index in [0.29, 0.717) is 17.5 Å². The van der Waals surface area contributed by atoms with Crippen LogP contribution in [0.3, 0.4) is 0 Å². The lowest BCUT2D eigenvalue weighted by atomic mass is 10.0. The number of hydrazine groups is 1. The lowest BCUT2D eigenvalue weighted by molar-refractivity contribution is -0.123. The highest BCUT2D eigenvalue weighted by molar-refractivity contribution is 5.98. The molecule has 2 amide bonds. The summed E-state index contributed by atoms with van der Waals surface area (Å²) in [5.41, 5.74) is 7.38. The van der Waals surface area contributed by atoms with Crippen molar-refractivity contribution in [2.24, 2.45) is 11.8 Å². The molecule has 5 nitrogen and oxygen atoms in total. The minimum absolute atomic E-state index is 0.0706. The maximum atomic E-state index is 12.2. The van der Waals surface area contributed by atoms with Gasteiger partial charge in [0, 0.05) is 23.2 Å². The molecule has 1 saturated carbocycles. The molecule has 1 aliphatic rings. The van der Waals surface area contributed by atoms with Gasteiger partial charge in [0.15, 0.2) is 0 Å². The van der Waals surface area contributed by atoms with Crippen LogP contribution in [0.2, 0.25) is 0 Å². The molecule has 1 aromatic carbocycles. The average Bonchev–Trinajstić information content (AvgIpc) is 3.31. The van der Waals surface area contributed by atoms with Gasteiger partial charge in [-0.3, -0.25) is 20.4 Å². The Balaban J connectivity index is 2.03. The molecule has 1 fully saturated rings. The molecule has 0 spiro atoms. The van der Waals surface area contributed by atoms with E-state index in [2.05, 4.69) is 36.9 Å². The van der Waals surface area contributed by atoms with Crippen molar-refractivity contribution in [2.75, 3.05) is 5.32 Å². The highest BCUT2D eigenvalue weighted by Gasteiger charge is 2.29. The molecule has 1 atom stereocenters. The highest BCUT2D eigenvalue weighted by Crippen LogP contribution is 2.28. The lowest BCUT2D eigenvalue weighted by Crippen LogP contribution is -2.42. The third kappa shape index (κ3) is 4.00. The van der Waals surface area contributed by atoms with E-state index in [0.717, 1.165) is 24.1 Å². The maximum Gasteiger partial charge on any atom is 0.270 e. The SMILES string of the molecule is Cc1c(N[C@H](C)C(C)C)cccc1C(=O)NNC(=O)C1CC1. The van der Waals surface area contributed by atoms with E-state index in [-0.39, 0.29) is 17.7 Å². The van der Waals surface area contributed by atoms with E-state index in [1.165, 1.54) is 0 Å². The van der Waals surface area contributed by atoms with E-state index < -0.39 is 0 Å². The zero-order chi connectivity index (χ0) is 16.3. The van der Waals surface area contributed by atoms with Crippen molar-refractivity contribution in [3.8, 4) is 0 Å². The molecule has 1 aromatic rings. The molecule has 3 N–H and O–H groups in total. The van der Waals surface area contributed by atoms with Crippen molar-refractivity contribution in [3.63, 3.8) is 0 Å². The number of amides is 2. The summed E-state index contributed by atoms with van der Waals surface area (Å²) in [6.07, 6.45) is 1.82. The summed E-state index contributed by atoms with van der Waals surface area (Å²) in [5.74, 6) is 0.178. The summed E-state index contributed by atoms with van der Waals surface area (Å²) >= 11 is 0. The van der Waals surface area contributed by atoms with Gasteiger partial charge in [-0.05, 0) is 50.3 Å². The molecule has 5 heteroatoms. The number of rotatable bonds is 5. The standard InChI is InChI=1S/C17H25N3O2/c1-10(2)12(4)18-15-7-5-6-14(11(15)3)17(22)20-19-16(21)13-8-9-13/h5-7,10,12-13,18H,8-9H2,1-4H3,(H,19,21)(H,20,22)/t12-/m1/s1. The van der Waals surface area contributed by atoms with E-state index in [1.54, 1.807) is 6.07 Å². The summed E-state index contributed by atoms with van der Waals surface area (Å²) in [7, 11) is 0. The van der Waals surface area contributed by atoms with Crippen LogP contribution < -0.4 is 16.2 Å². The Bertz CT molecular complexity index is 565. The van der Waals surface area contributed by atoms with Crippen LogP contribution in [0.5, 0.6) is 0 Å². The van der Waals surface area contributed by atoms with E-state index in [1.807, 2.05) is 19.1 Å². The van der Waals surface area contributed by atoms with Gasteiger partial charge in [-0.25, -0.2) is 0 Å². The quantitative estimate of drug-likeness (QED) is 0.732. The van der Waals surface area contributed by atoms with E-state index >= 15 is 0 Å². The average molecular weight is 303 g/mol. The van der Waals surface area contributed by atoms with Crippen molar-refractivity contribution >= 4 is 17.5 Å². The smallest absolute Gasteiger partial charge is 0.270 e. The number of benzene rings is 1. The van der Waals surface area contributed by atoms with Crippen LogP contribution in [0, 0.1) is 18.8 Å². The molecule has 120 valence electrons. The Kier molecular flexibility index (Phi) is 5.06. The Labute approximate surface area is 131 Å². The topological polar surface area (TPSA) is 70.2 Å². The van der Waals surface area contributed by atoms with Crippen molar-refractivity contribution in [1.29, 1.82) is 0 Å². The molecule has 0 heterocycles. The fraction of sp³-hybridized carbons (Fsp3) is 0.529. The van der Waals surface area contributed by atoms with Gasteiger partial charge in [-0.2, -0.15) is 0 Å². The molecular weight excluding hydrogens is 278 g/mol. The molecular formula is C17H25N3O2. The molecule has 2 rings (SSSR count). The summed E-state index contributed by atoms with van der Waals surface area (Å²) in [6.45, 7) is 8.33. The number of hydrogen-bond donors (Lipinski definition) is 3. The largest absolute Gasteiger partial charge is 0.382 e. The highest BCUT2D eigenvalue weighted by atomic mass is 16.2. The Morgan fingerprint density at radius 2 is 1.82 bits per heavy atom. The molecule has 22 heavy (non-hydrogen) atoms.